The third kappa shape index (κ3) is 5.49. The number of hydrogen-bond donors (Lipinski definition) is 0. The van der Waals surface area contributed by atoms with E-state index < -0.39 is 0 Å². The van der Waals surface area contributed by atoms with Gasteiger partial charge in [-0.1, -0.05) is 111 Å². The minimum Gasteiger partial charge on any atom is -0.208 e. The van der Waals surface area contributed by atoms with E-state index in [-0.39, 0.29) is 0 Å². The summed E-state index contributed by atoms with van der Waals surface area (Å²) in [4.78, 5) is 15.1. The highest BCUT2D eigenvalue weighted by Crippen LogP contribution is 2.54. The van der Waals surface area contributed by atoms with Gasteiger partial charge in [-0.2, -0.15) is 5.26 Å². The summed E-state index contributed by atoms with van der Waals surface area (Å²) in [5.41, 5.74) is 7.71. The Morgan fingerprint density at radius 1 is 0.620 bits per heavy atom. The van der Waals surface area contributed by atoms with Gasteiger partial charge in [0.25, 0.3) is 0 Å². The topological polar surface area (TPSA) is 62.5 Å². The van der Waals surface area contributed by atoms with Crippen LogP contribution in [0.15, 0.2) is 115 Å². The molecule has 5 aromatic carbocycles. The Hall–Kier alpha value is -5.18. The fraction of sp³-hybridized carbons (Fsp3) is 0.244. The molecule has 2 unspecified atom stereocenters. The van der Waals surface area contributed by atoms with E-state index in [2.05, 4.69) is 105 Å². The molecule has 4 nitrogen and oxygen atoms in total. The van der Waals surface area contributed by atoms with Gasteiger partial charge in [0.05, 0.1) is 11.6 Å². The Morgan fingerprint density at radius 2 is 1.22 bits per heavy atom. The summed E-state index contributed by atoms with van der Waals surface area (Å²) in [5.74, 6) is 4.44. The summed E-state index contributed by atoms with van der Waals surface area (Å²) in [6.07, 6.45) is 6.66. The lowest BCUT2D eigenvalue weighted by molar-refractivity contribution is 0.0780. The van der Waals surface area contributed by atoms with Gasteiger partial charge in [-0.25, -0.2) is 15.0 Å². The minimum atomic E-state index is 0.291. The molecule has 2 aliphatic carbocycles. The molecule has 0 amide bonds. The van der Waals surface area contributed by atoms with Crippen LogP contribution in [0.1, 0.15) is 57.1 Å². The van der Waals surface area contributed by atoms with E-state index in [9.17, 15) is 5.26 Å². The van der Waals surface area contributed by atoms with Crippen molar-refractivity contribution in [3.8, 4) is 51.4 Å². The number of rotatable bonds is 5. The Kier molecular flexibility index (Phi) is 7.59. The van der Waals surface area contributed by atoms with E-state index >= 15 is 0 Å². The molecule has 2 aliphatic rings. The number of nitrogens with zero attached hydrogens (tertiary/aromatic N) is 4. The van der Waals surface area contributed by atoms with Crippen LogP contribution in [0.4, 0.5) is 0 Å². The molecule has 244 valence electrons. The zero-order chi connectivity index (χ0) is 33.8. The van der Waals surface area contributed by atoms with E-state index in [0.717, 1.165) is 45.4 Å². The predicted octanol–water partition coefficient (Wildman–Crippen LogP) is 11.9. The average Bonchev–Trinajstić information content (AvgIpc) is 3.53. The van der Waals surface area contributed by atoms with Crippen molar-refractivity contribution in [2.45, 2.75) is 51.4 Å². The highest BCUT2D eigenvalue weighted by atomic mass is 32.1. The minimum absolute atomic E-state index is 0.291. The lowest BCUT2D eigenvalue weighted by Crippen LogP contribution is -2.42. The van der Waals surface area contributed by atoms with Gasteiger partial charge >= 0.3 is 0 Å². The zero-order valence-electron chi connectivity index (χ0n) is 28.4. The third-order valence-corrected chi connectivity index (χ3v) is 12.4. The van der Waals surface area contributed by atoms with Gasteiger partial charge in [0.2, 0.25) is 0 Å². The third-order valence-electron chi connectivity index (χ3n) is 11.1. The molecule has 0 spiro atoms. The molecule has 0 N–H and O–H groups in total. The summed E-state index contributed by atoms with van der Waals surface area (Å²) >= 11 is 1.77. The molecule has 4 atom stereocenters. The molecule has 9 rings (SSSR count). The SMILES string of the molecule is C[C@@H]1CC2C[C@H](C)CC(c3ccc(-c4nc(-c5ccccc5)nc(-c5ccc(-c6cccc7c6sc6ccc(C#N)cc67)cc5)n4)cc3)(C2)C1. The van der Waals surface area contributed by atoms with Gasteiger partial charge in [0, 0.05) is 36.9 Å². The zero-order valence-corrected chi connectivity index (χ0v) is 29.3. The fourth-order valence-corrected chi connectivity index (χ4v) is 10.5. The van der Waals surface area contributed by atoms with E-state index in [0.29, 0.717) is 28.5 Å². The van der Waals surface area contributed by atoms with E-state index in [1.165, 1.54) is 58.0 Å². The summed E-state index contributed by atoms with van der Waals surface area (Å²) in [7, 11) is 0. The first kappa shape index (κ1) is 30.8. The van der Waals surface area contributed by atoms with Crippen molar-refractivity contribution >= 4 is 31.5 Å². The second-order valence-electron chi connectivity index (χ2n) is 14.9. The van der Waals surface area contributed by atoms with Gasteiger partial charge in [-0.15, -0.1) is 11.3 Å². The standard InChI is InChI=1S/C45H38N4S/c1-28-21-31-22-29(2)25-45(24-28,26-31)36-18-16-35(17-19-36)44-48-42(33-7-4-3-5-8-33)47-43(49-44)34-14-12-32(13-15-34)37-9-6-10-38-39-23-30(27-46)11-20-40(39)50-41(37)38/h3-20,23,28-29,31H,21-22,24-26H2,1-2H3/t28-,29+,31?,45?. The lowest BCUT2D eigenvalue weighted by atomic mass is 9.54. The van der Waals surface area contributed by atoms with Crippen molar-refractivity contribution in [2.75, 3.05) is 0 Å². The van der Waals surface area contributed by atoms with Gasteiger partial charge in [0.1, 0.15) is 0 Å². The first-order valence-corrected chi connectivity index (χ1v) is 18.6. The monoisotopic (exact) mass is 666 g/mol. The number of nitriles is 1. The maximum Gasteiger partial charge on any atom is 0.164 e. The van der Waals surface area contributed by atoms with Gasteiger partial charge in [-0.05, 0) is 90.2 Å². The van der Waals surface area contributed by atoms with E-state index in [1.54, 1.807) is 11.3 Å². The van der Waals surface area contributed by atoms with E-state index in [1.807, 2.05) is 30.3 Å². The molecular formula is C45H38N4S. The normalized spacial score (nSPS) is 21.7. The fourth-order valence-electron chi connectivity index (χ4n) is 9.28. The van der Waals surface area contributed by atoms with Crippen molar-refractivity contribution in [1.82, 2.24) is 15.0 Å². The first-order chi connectivity index (χ1) is 24.4. The smallest absolute Gasteiger partial charge is 0.164 e. The summed E-state index contributed by atoms with van der Waals surface area (Å²) in [5, 5.41) is 11.8. The van der Waals surface area contributed by atoms with E-state index in [4.69, 9.17) is 15.0 Å². The van der Waals surface area contributed by atoms with Crippen LogP contribution >= 0.6 is 11.3 Å². The number of aromatic nitrogens is 3. The summed E-state index contributed by atoms with van der Waals surface area (Å²) in [6.45, 7) is 4.90. The maximum atomic E-state index is 9.47. The summed E-state index contributed by atoms with van der Waals surface area (Å²) < 4.78 is 2.41. The highest BCUT2D eigenvalue weighted by molar-refractivity contribution is 7.26. The number of hydrogen-bond acceptors (Lipinski definition) is 5. The van der Waals surface area contributed by atoms with Crippen molar-refractivity contribution in [3.63, 3.8) is 0 Å². The van der Waals surface area contributed by atoms with Crippen LogP contribution in [0.25, 0.3) is 65.5 Å². The first-order valence-electron chi connectivity index (χ1n) is 17.8. The van der Waals surface area contributed by atoms with Gasteiger partial charge < -0.3 is 0 Å². The Morgan fingerprint density at radius 3 is 1.86 bits per heavy atom. The maximum absolute atomic E-state index is 9.47. The molecule has 2 bridgehead atoms. The Balaban J connectivity index is 1.08. The second-order valence-corrected chi connectivity index (χ2v) is 15.9. The summed E-state index contributed by atoms with van der Waals surface area (Å²) in [6, 6.07) is 42.6. The molecule has 7 aromatic rings. The number of benzene rings is 5. The van der Waals surface area contributed by atoms with Crippen LogP contribution in [0.3, 0.4) is 0 Å². The number of thiophene rings is 1. The van der Waals surface area contributed by atoms with Crippen molar-refractivity contribution in [2.24, 2.45) is 17.8 Å². The van der Waals surface area contributed by atoms with Crippen molar-refractivity contribution in [1.29, 1.82) is 5.26 Å². The molecular weight excluding hydrogens is 629 g/mol. The van der Waals surface area contributed by atoms with Crippen molar-refractivity contribution in [3.05, 3.63) is 126 Å². The van der Waals surface area contributed by atoms with Crippen LogP contribution in [0, 0.1) is 29.1 Å². The molecule has 2 aromatic heterocycles. The van der Waals surface area contributed by atoms with Crippen molar-refractivity contribution < 1.29 is 0 Å². The largest absolute Gasteiger partial charge is 0.208 e. The second kappa shape index (κ2) is 12.3. The predicted molar refractivity (Wildman–Crippen MR) is 206 cm³/mol. The average molecular weight is 667 g/mol. The molecule has 5 heteroatoms. The molecule has 2 fully saturated rings. The Bertz CT molecular complexity index is 2380. The van der Waals surface area contributed by atoms with Crippen LogP contribution in [0.5, 0.6) is 0 Å². The Labute approximate surface area is 297 Å². The van der Waals surface area contributed by atoms with Crippen LogP contribution in [-0.4, -0.2) is 15.0 Å². The molecule has 0 saturated heterocycles. The highest BCUT2D eigenvalue weighted by Gasteiger charge is 2.45. The van der Waals surface area contributed by atoms with Crippen LogP contribution in [-0.2, 0) is 5.41 Å². The number of fused-ring (bicyclic) bond motifs is 5. The molecule has 0 aliphatic heterocycles. The molecule has 50 heavy (non-hydrogen) atoms. The quantitative estimate of drug-likeness (QED) is 0.183. The molecule has 0 radical (unpaired) electrons. The van der Waals surface area contributed by atoms with Crippen LogP contribution in [0.2, 0.25) is 0 Å². The van der Waals surface area contributed by atoms with Crippen LogP contribution < -0.4 is 0 Å². The van der Waals surface area contributed by atoms with Gasteiger partial charge in [0.15, 0.2) is 17.5 Å². The molecule has 2 heterocycles. The molecule has 2 saturated carbocycles. The lowest BCUT2D eigenvalue weighted by Gasteiger charge is -2.50. The van der Waals surface area contributed by atoms with Gasteiger partial charge in [-0.3, -0.25) is 0 Å².